The van der Waals surface area contributed by atoms with Gasteiger partial charge in [-0.2, -0.15) is 0 Å². The second kappa shape index (κ2) is 12.8. The number of ketones is 1. The number of halogens is 5. The van der Waals surface area contributed by atoms with Crippen molar-refractivity contribution < 1.29 is 41.0 Å². The minimum absolute atomic E-state index is 0.0206. The number of nitrogens with zero attached hydrogens (tertiary/aromatic N) is 2. The number of rotatable bonds is 13. The van der Waals surface area contributed by atoms with Crippen LogP contribution in [0.5, 0.6) is 11.5 Å². The molecule has 0 bridgehead atoms. The van der Waals surface area contributed by atoms with Crippen LogP contribution in [0.25, 0.3) is 22.2 Å². The maximum absolute atomic E-state index is 15.2. The van der Waals surface area contributed by atoms with Crippen LogP contribution in [0.2, 0.25) is 25.7 Å². The molecule has 0 unspecified atom stereocenters. The van der Waals surface area contributed by atoms with Gasteiger partial charge in [0.05, 0.1) is 18.6 Å². The van der Waals surface area contributed by atoms with Gasteiger partial charge in [0.15, 0.2) is 23.1 Å². The fourth-order valence-corrected chi connectivity index (χ4v) is 5.64. The molecule has 2 aromatic heterocycles. The fraction of sp³-hybridized carbons (Fsp3) is 0.375. The molecular formula is C32H33F5N2O4Si. The Bertz CT molecular complexity index is 1660. The van der Waals surface area contributed by atoms with Crippen molar-refractivity contribution in [2.24, 2.45) is 0 Å². The highest BCUT2D eigenvalue weighted by molar-refractivity contribution is 6.76. The molecule has 1 aliphatic heterocycles. The van der Waals surface area contributed by atoms with Crippen LogP contribution < -0.4 is 4.74 Å². The van der Waals surface area contributed by atoms with E-state index in [4.69, 9.17) is 14.2 Å². The van der Waals surface area contributed by atoms with E-state index in [1.165, 1.54) is 18.5 Å². The van der Waals surface area contributed by atoms with Crippen molar-refractivity contribution in [1.29, 1.82) is 0 Å². The third kappa shape index (κ3) is 7.36. The first-order valence-electron chi connectivity index (χ1n) is 14.3. The summed E-state index contributed by atoms with van der Waals surface area (Å²) < 4.78 is 91.9. The Balaban J connectivity index is 1.44. The number of hydrogen-bond donors (Lipinski definition) is 0. The van der Waals surface area contributed by atoms with Crippen LogP contribution in [-0.4, -0.2) is 48.9 Å². The zero-order valence-electron chi connectivity index (χ0n) is 24.7. The van der Waals surface area contributed by atoms with E-state index in [9.17, 15) is 18.0 Å². The van der Waals surface area contributed by atoms with Gasteiger partial charge >= 0.3 is 0 Å². The average molecular weight is 633 g/mol. The predicted octanol–water partition coefficient (Wildman–Crippen LogP) is 7.99. The number of aromatic nitrogens is 2. The van der Waals surface area contributed by atoms with E-state index in [0.717, 1.165) is 36.4 Å². The van der Waals surface area contributed by atoms with Gasteiger partial charge in [-0.05, 0) is 54.4 Å². The molecule has 0 aliphatic carbocycles. The molecule has 1 aliphatic rings. The van der Waals surface area contributed by atoms with E-state index >= 15 is 8.78 Å². The molecule has 0 N–H and O–H groups in total. The topological polar surface area (TPSA) is 62.6 Å². The van der Waals surface area contributed by atoms with Crippen molar-refractivity contribution in [2.45, 2.75) is 57.3 Å². The molecule has 1 saturated heterocycles. The number of pyridine rings is 1. The van der Waals surface area contributed by atoms with E-state index < -0.39 is 42.8 Å². The summed E-state index contributed by atoms with van der Waals surface area (Å²) >= 11 is 0. The standard InChI is InChI=1S/C32H33F5N2O4Si/c1-44(2,3)11-10-41-19-39-16-24(23-15-21(33)4-5-25(23)34)29-28(7-9-38-31(29)39)43-30-26(35)13-20(14-27(30)36)12-22(40)6-8-32(37)17-42-18-32/h4-5,7,9,13-16H,6,8,10-12,17-19H2,1-3H3. The average Bonchev–Trinajstić information content (AvgIpc) is 3.31. The molecule has 2 aromatic carbocycles. The highest BCUT2D eigenvalue weighted by atomic mass is 28.3. The van der Waals surface area contributed by atoms with Crippen LogP contribution in [0, 0.1) is 23.3 Å². The Morgan fingerprint density at radius 2 is 1.75 bits per heavy atom. The Morgan fingerprint density at radius 3 is 2.41 bits per heavy atom. The van der Waals surface area contributed by atoms with E-state index in [1.54, 1.807) is 4.57 Å². The molecule has 0 amide bonds. The molecule has 0 spiro atoms. The maximum Gasteiger partial charge on any atom is 0.198 e. The Hall–Kier alpha value is -3.61. The van der Waals surface area contributed by atoms with Crippen molar-refractivity contribution in [3.8, 4) is 22.6 Å². The molecule has 1 fully saturated rings. The molecule has 12 heteroatoms. The maximum atomic E-state index is 15.2. The van der Waals surface area contributed by atoms with Crippen molar-refractivity contribution in [2.75, 3.05) is 19.8 Å². The van der Waals surface area contributed by atoms with Gasteiger partial charge in [-0.3, -0.25) is 4.79 Å². The minimum Gasteiger partial charge on any atom is -0.450 e. The van der Waals surface area contributed by atoms with Crippen LogP contribution >= 0.6 is 0 Å². The van der Waals surface area contributed by atoms with Gasteiger partial charge in [-0.25, -0.2) is 26.9 Å². The lowest BCUT2D eigenvalue weighted by Gasteiger charge is -2.33. The van der Waals surface area contributed by atoms with Crippen LogP contribution in [0.4, 0.5) is 22.0 Å². The number of carbonyl (C=O) groups excluding carboxylic acids is 1. The third-order valence-electron chi connectivity index (χ3n) is 7.41. The number of fused-ring (bicyclic) bond motifs is 1. The van der Waals surface area contributed by atoms with Gasteiger partial charge in [0.25, 0.3) is 0 Å². The molecule has 0 saturated carbocycles. The van der Waals surface area contributed by atoms with Crippen LogP contribution in [0.3, 0.4) is 0 Å². The quantitative estimate of drug-likeness (QED) is 0.0850. The highest BCUT2D eigenvalue weighted by Gasteiger charge is 2.38. The largest absolute Gasteiger partial charge is 0.450 e. The molecule has 6 nitrogen and oxygen atoms in total. The molecule has 44 heavy (non-hydrogen) atoms. The Kier molecular flexibility index (Phi) is 9.24. The lowest BCUT2D eigenvalue weighted by atomic mass is 9.95. The summed E-state index contributed by atoms with van der Waals surface area (Å²) in [6.07, 6.45) is 2.52. The summed E-state index contributed by atoms with van der Waals surface area (Å²) in [5.74, 6) is -4.69. The van der Waals surface area contributed by atoms with Crippen LogP contribution in [-0.2, 0) is 27.4 Å². The molecule has 234 valence electrons. The first-order chi connectivity index (χ1) is 20.8. The molecular weight excluding hydrogens is 599 g/mol. The monoisotopic (exact) mass is 632 g/mol. The van der Waals surface area contributed by atoms with E-state index in [2.05, 4.69) is 24.6 Å². The molecule has 0 atom stereocenters. The number of ether oxygens (including phenoxy) is 3. The van der Waals surface area contributed by atoms with E-state index in [-0.39, 0.29) is 78.5 Å². The number of carbonyl (C=O) groups is 1. The normalized spacial score (nSPS) is 14.5. The summed E-state index contributed by atoms with van der Waals surface area (Å²) in [5.41, 5.74) is -1.09. The Morgan fingerprint density at radius 1 is 1.02 bits per heavy atom. The van der Waals surface area contributed by atoms with Crippen LogP contribution in [0.1, 0.15) is 18.4 Å². The van der Waals surface area contributed by atoms with Gasteiger partial charge in [0, 0.05) is 51.0 Å². The van der Waals surface area contributed by atoms with E-state index in [1.807, 2.05) is 0 Å². The molecule has 0 radical (unpaired) electrons. The van der Waals surface area contributed by atoms with E-state index in [0.29, 0.717) is 6.61 Å². The lowest BCUT2D eigenvalue weighted by molar-refractivity contribution is -0.139. The van der Waals surface area contributed by atoms with Gasteiger partial charge in [-0.15, -0.1) is 0 Å². The third-order valence-corrected chi connectivity index (χ3v) is 9.11. The summed E-state index contributed by atoms with van der Waals surface area (Å²) in [6.45, 7) is 7.05. The second-order valence-corrected chi connectivity index (χ2v) is 18.0. The number of benzene rings is 2. The van der Waals surface area contributed by atoms with Gasteiger partial charge in [0.1, 0.15) is 35.5 Å². The lowest BCUT2D eigenvalue weighted by Crippen LogP contribution is -2.45. The zero-order valence-corrected chi connectivity index (χ0v) is 25.7. The number of alkyl halides is 1. The minimum atomic E-state index is -1.54. The molecule has 4 aromatic rings. The second-order valence-electron chi connectivity index (χ2n) is 12.3. The van der Waals surface area contributed by atoms with Crippen molar-refractivity contribution >= 4 is 24.9 Å². The summed E-state index contributed by atoms with van der Waals surface area (Å²) in [5, 5.41) is 0.198. The first-order valence-corrected chi connectivity index (χ1v) is 18.0. The summed E-state index contributed by atoms with van der Waals surface area (Å²) in [7, 11) is -1.37. The van der Waals surface area contributed by atoms with Crippen LogP contribution in [0.15, 0.2) is 48.8 Å². The molecule has 3 heterocycles. The van der Waals surface area contributed by atoms with Gasteiger partial charge in [0.2, 0.25) is 0 Å². The Labute approximate surface area is 252 Å². The fourth-order valence-electron chi connectivity index (χ4n) is 4.89. The van der Waals surface area contributed by atoms with Crippen molar-refractivity contribution in [1.82, 2.24) is 9.55 Å². The van der Waals surface area contributed by atoms with Gasteiger partial charge in [-0.1, -0.05) is 19.6 Å². The summed E-state index contributed by atoms with van der Waals surface area (Å²) in [4.78, 5) is 16.7. The predicted molar refractivity (Wildman–Crippen MR) is 158 cm³/mol. The first kappa shape index (κ1) is 31.8. The number of hydrogen-bond acceptors (Lipinski definition) is 5. The summed E-state index contributed by atoms with van der Waals surface area (Å²) in [6, 6.07) is 7.24. The zero-order chi connectivity index (χ0) is 31.6. The molecule has 5 rings (SSSR count). The smallest absolute Gasteiger partial charge is 0.198 e. The van der Waals surface area contributed by atoms with Crippen molar-refractivity contribution in [3.05, 3.63) is 77.6 Å². The number of Topliss-reactive ketones (excluding diaryl/α,β-unsaturated/α-hetero) is 1. The highest BCUT2D eigenvalue weighted by Crippen LogP contribution is 2.40. The SMILES string of the molecule is C[Si](C)(C)CCOCn1cc(-c2cc(F)ccc2F)c2c(Oc3c(F)cc(CC(=O)CCC4(F)COC4)cc3F)ccnc21. The van der Waals surface area contributed by atoms with Gasteiger partial charge < -0.3 is 18.8 Å². The van der Waals surface area contributed by atoms with Crippen molar-refractivity contribution in [3.63, 3.8) is 0 Å².